The second-order valence-electron chi connectivity index (χ2n) is 12.8. The lowest BCUT2D eigenvalue weighted by Crippen LogP contribution is -2.29. The zero-order chi connectivity index (χ0) is 34.2. The summed E-state index contributed by atoms with van der Waals surface area (Å²) >= 11 is 0. The minimum atomic E-state index is -0.373. The Morgan fingerprint density at radius 3 is 1.55 bits per heavy atom. The van der Waals surface area contributed by atoms with Gasteiger partial charge in [0.25, 0.3) is 11.8 Å². The average Bonchev–Trinajstić information content (AvgIpc) is 3.79. The smallest absolute Gasteiger partial charge is 0.266 e. The number of hydrogen-bond acceptors (Lipinski definition) is 3. The Balaban J connectivity index is 1.14. The van der Waals surface area contributed by atoms with Gasteiger partial charge in [0, 0.05) is 27.2 Å². The Labute approximate surface area is 292 Å². The molecule has 2 aromatic heterocycles. The van der Waals surface area contributed by atoms with Crippen molar-refractivity contribution >= 4 is 61.1 Å². The van der Waals surface area contributed by atoms with Crippen LogP contribution in [0.25, 0.3) is 66.1 Å². The van der Waals surface area contributed by atoms with Crippen molar-refractivity contribution in [3.05, 3.63) is 174 Å². The Hall–Kier alpha value is -7.23. The van der Waals surface area contributed by atoms with Crippen LogP contribution in [0.4, 0.5) is 5.69 Å². The highest BCUT2D eigenvalue weighted by Gasteiger charge is 2.36. The maximum Gasteiger partial charge on any atom is 0.266 e. The number of imide groups is 1. The highest BCUT2D eigenvalue weighted by molar-refractivity contribution is 6.34. The average molecular weight is 655 g/mol. The second-order valence-corrected chi connectivity index (χ2v) is 12.8. The molecule has 1 aliphatic rings. The number of aromatic nitrogens is 2. The van der Waals surface area contributed by atoms with Crippen LogP contribution in [0.5, 0.6) is 0 Å². The molecule has 6 nitrogen and oxygen atoms in total. The van der Waals surface area contributed by atoms with Crippen molar-refractivity contribution in [3.8, 4) is 28.6 Å². The SMILES string of the molecule is N#Cc1ccc(N2C(=O)c3ccccc3C2=O)cc1-n1c2ccccc2c2cc(-c3ccc4c(c3)c3ccccc3n4-c3ccccc3)ccc21. The van der Waals surface area contributed by atoms with Crippen molar-refractivity contribution < 1.29 is 9.59 Å². The van der Waals surface area contributed by atoms with Gasteiger partial charge in [-0.2, -0.15) is 5.26 Å². The highest BCUT2D eigenvalue weighted by atomic mass is 16.2. The number of nitriles is 1. The molecule has 2 amide bonds. The molecule has 6 heteroatoms. The Bertz CT molecular complexity index is 2950. The van der Waals surface area contributed by atoms with Crippen LogP contribution < -0.4 is 4.90 Å². The third-order valence-corrected chi connectivity index (χ3v) is 10.1. The van der Waals surface area contributed by atoms with Crippen LogP contribution in [0.3, 0.4) is 0 Å². The third kappa shape index (κ3) is 4.16. The van der Waals surface area contributed by atoms with E-state index >= 15 is 0 Å². The highest BCUT2D eigenvalue weighted by Crippen LogP contribution is 2.39. The van der Waals surface area contributed by atoms with Crippen LogP contribution >= 0.6 is 0 Å². The van der Waals surface area contributed by atoms with Gasteiger partial charge in [-0.15, -0.1) is 0 Å². The van der Waals surface area contributed by atoms with Gasteiger partial charge in [-0.05, 0) is 90.0 Å². The lowest BCUT2D eigenvalue weighted by Gasteiger charge is -2.17. The van der Waals surface area contributed by atoms with E-state index < -0.39 is 0 Å². The summed E-state index contributed by atoms with van der Waals surface area (Å²) in [6.07, 6.45) is 0. The number of amides is 2. The zero-order valence-corrected chi connectivity index (χ0v) is 27.1. The fourth-order valence-corrected chi connectivity index (χ4v) is 7.78. The molecular formula is C45H26N4O2. The van der Waals surface area contributed by atoms with Gasteiger partial charge in [-0.1, -0.05) is 78.9 Å². The summed E-state index contributed by atoms with van der Waals surface area (Å²) in [5, 5.41) is 14.7. The summed E-state index contributed by atoms with van der Waals surface area (Å²) in [5.74, 6) is -0.746. The minimum Gasteiger partial charge on any atom is -0.309 e. The molecule has 0 N–H and O–H groups in total. The van der Waals surface area contributed by atoms with Crippen molar-refractivity contribution in [2.24, 2.45) is 0 Å². The van der Waals surface area contributed by atoms with Crippen LogP contribution in [-0.2, 0) is 0 Å². The number of carbonyl (C=O) groups excluding carboxylic acids is 2. The molecule has 0 saturated heterocycles. The summed E-state index contributed by atoms with van der Waals surface area (Å²) in [4.78, 5) is 28.0. The van der Waals surface area contributed by atoms with E-state index in [0.717, 1.165) is 49.7 Å². The molecule has 0 aliphatic carbocycles. The molecule has 0 atom stereocenters. The molecule has 51 heavy (non-hydrogen) atoms. The molecule has 10 rings (SSSR count). The first-order chi connectivity index (χ1) is 25.1. The minimum absolute atomic E-state index is 0.373. The lowest BCUT2D eigenvalue weighted by molar-refractivity contribution is 0.0926. The van der Waals surface area contributed by atoms with E-state index in [1.54, 1.807) is 42.5 Å². The Morgan fingerprint density at radius 2 is 0.941 bits per heavy atom. The van der Waals surface area contributed by atoms with E-state index in [1.807, 2.05) is 24.3 Å². The predicted octanol–water partition coefficient (Wildman–Crippen LogP) is 10.2. The Kier molecular flexibility index (Phi) is 6.14. The first-order valence-corrected chi connectivity index (χ1v) is 16.8. The second kappa shape index (κ2) is 10.9. The maximum atomic E-state index is 13.4. The monoisotopic (exact) mass is 654 g/mol. The fraction of sp³-hybridized carbons (Fsp3) is 0. The molecule has 1 aliphatic heterocycles. The standard InChI is InChI=1S/C45H26N4O2/c46-27-30-18-21-32(48-44(50)35-14-4-5-15-36(35)45(48)51)26-43(30)49-40-17-9-7-13-34(40)38-25-29(20-23-42(38)49)28-19-22-41-37(24-28)33-12-6-8-16-39(33)47(41)31-10-2-1-3-11-31/h1-26H. The molecule has 0 radical (unpaired) electrons. The van der Waals surface area contributed by atoms with Gasteiger partial charge in [0.1, 0.15) is 6.07 Å². The normalized spacial score (nSPS) is 12.7. The van der Waals surface area contributed by atoms with E-state index in [2.05, 4.69) is 106 Å². The number of para-hydroxylation sites is 3. The number of fused-ring (bicyclic) bond motifs is 7. The van der Waals surface area contributed by atoms with Crippen LogP contribution in [-0.4, -0.2) is 20.9 Å². The molecule has 0 unspecified atom stereocenters. The topological polar surface area (TPSA) is 71.0 Å². The summed E-state index contributed by atoms with van der Waals surface area (Å²) in [7, 11) is 0. The summed E-state index contributed by atoms with van der Waals surface area (Å²) in [5.41, 5.74) is 9.63. The van der Waals surface area contributed by atoms with Crippen molar-refractivity contribution in [1.29, 1.82) is 5.26 Å². The van der Waals surface area contributed by atoms with E-state index in [4.69, 9.17) is 0 Å². The first kappa shape index (κ1) is 28.8. The molecule has 3 heterocycles. The summed E-state index contributed by atoms with van der Waals surface area (Å²) in [6.45, 7) is 0. The number of anilines is 1. The molecule has 7 aromatic carbocycles. The van der Waals surface area contributed by atoms with Gasteiger partial charge in [0.2, 0.25) is 0 Å². The van der Waals surface area contributed by atoms with E-state index in [9.17, 15) is 14.9 Å². The number of nitrogens with zero attached hydrogens (tertiary/aromatic N) is 4. The van der Waals surface area contributed by atoms with Gasteiger partial charge in [0.05, 0.1) is 50.1 Å². The van der Waals surface area contributed by atoms with Gasteiger partial charge >= 0.3 is 0 Å². The van der Waals surface area contributed by atoms with Crippen LogP contribution in [0, 0.1) is 11.3 Å². The van der Waals surface area contributed by atoms with Crippen molar-refractivity contribution in [3.63, 3.8) is 0 Å². The van der Waals surface area contributed by atoms with E-state index in [-0.39, 0.29) is 11.8 Å². The lowest BCUT2D eigenvalue weighted by atomic mass is 10.0. The van der Waals surface area contributed by atoms with Crippen molar-refractivity contribution in [1.82, 2.24) is 9.13 Å². The number of rotatable bonds is 4. The molecule has 9 aromatic rings. The van der Waals surface area contributed by atoms with Crippen LogP contribution in [0.1, 0.15) is 26.3 Å². The van der Waals surface area contributed by atoms with Gasteiger partial charge in [0.15, 0.2) is 0 Å². The van der Waals surface area contributed by atoms with Gasteiger partial charge < -0.3 is 9.13 Å². The molecule has 0 bridgehead atoms. The molecule has 0 saturated carbocycles. The van der Waals surface area contributed by atoms with E-state index in [1.165, 1.54) is 15.7 Å². The van der Waals surface area contributed by atoms with Gasteiger partial charge in [-0.3, -0.25) is 9.59 Å². The zero-order valence-electron chi connectivity index (χ0n) is 27.1. The van der Waals surface area contributed by atoms with Crippen molar-refractivity contribution in [2.45, 2.75) is 0 Å². The number of benzene rings is 7. The largest absolute Gasteiger partial charge is 0.309 e. The van der Waals surface area contributed by atoms with Gasteiger partial charge in [-0.25, -0.2) is 4.90 Å². The number of hydrogen-bond donors (Lipinski definition) is 0. The molecule has 0 spiro atoms. The van der Waals surface area contributed by atoms with Crippen LogP contribution in [0.15, 0.2) is 158 Å². The van der Waals surface area contributed by atoms with Crippen LogP contribution in [0.2, 0.25) is 0 Å². The molecular weight excluding hydrogens is 629 g/mol. The Morgan fingerprint density at radius 1 is 0.431 bits per heavy atom. The summed E-state index contributed by atoms with van der Waals surface area (Å²) in [6, 6.07) is 54.5. The molecule has 238 valence electrons. The maximum absolute atomic E-state index is 13.4. The quantitative estimate of drug-likeness (QED) is 0.177. The summed E-state index contributed by atoms with van der Waals surface area (Å²) < 4.78 is 4.37. The van der Waals surface area contributed by atoms with E-state index in [0.29, 0.717) is 28.1 Å². The fourth-order valence-electron chi connectivity index (χ4n) is 7.78. The predicted molar refractivity (Wildman–Crippen MR) is 203 cm³/mol. The van der Waals surface area contributed by atoms with Crippen molar-refractivity contribution in [2.75, 3.05) is 4.90 Å². The first-order valence-electron chi connectivity index (χ1n) is 16.8. The number of carbonyl (C=O) groups is 2. The third-order valence-electron chi connectivity index (χ3n) is 10.1. The molecule has 0 fully saturated rings.